The lowest BCUT2D eigenvalue weighted by Gasteiger charge is -2.26. The van der Waals surface area contributed by atoms with Crippen LogP contribution in [0.15, 0.2) is 18.6 Å². The fraction of sp³-hybridized carbons (Fsp3) is 0.533. The van der Waals surface area contributed by atoms with Crippen LogP contribution in [0.4, 0.5) is 5.82 Å². The molecule has 2 heterocycles. The minimum Gasteiger partial charge on any atom is -0.481 e. The van der Waals surface area contributed by atoms with Gasteiger partial charge in [-0.1, -0.05) is 20.8 Å². The molecule has 1 unspecified atom stereocenters. The lowest BCUT2D eigenvalue weighted by atomic mass is 9.87. The van der Waals surface area contributed by atoms with Gasteiger partial charge in [-0.05, 0) is 17.9 Å². The van der Waals surface area contributed by atoms with Crippen LogP contribution in [0, 0.1) is 5.41 Å². The topological polar surface area (TPSA) is 80.0 Å². The molecule has 0 aliphatic carbocycles. The van der Waals surface area contributed by atoms with Crippen LogP contribution in [-0.2, 0) is 11.8 Å². The number of aliphatic carboxylic acids is 1. The largest absolute Gasteiger partial charge is 0.481 e. The Morgan fingerprint density at radius 3 is 2.76 bits per heavy atom. The van der Waals surface area contributed by atoms with Crippen LogP contribution in [0.5, 0.6) is 0 Å². The van der Waals surface area contributed by atoms with E-state index in [1.807, 2.05) is 17.7 Å². The number of carboxylic acid groups (broad SMARTS) is 1. The molecule has 2 N–H and O–H groups in total. The molecule has 0 aromatic carbocycles. The molecule has 0 aliphatic rings. The average Bonchev–Trinajstić information content (AvgIpc) is 2.69. The maximum atomic E-state index is 11.1. The second-order valence-electron chi connectivity index (χ2n) is 6.59. The first-order valence-corrected chi connectivity index (χ1v) is 7.00. The zero-order chi connectivity index (χ0) is 15.6. The van der Waals surface area contributed by atoms with Crippen molar-refractivity contribution in [2.24, 2.45) is 12.5 Å². The zero-order valence-corrected chi connectivity index (χ0v) is 12.9. The van der Waals surface area contributed by atoms with Crippen molar-refractivity contribution >= 4 is 22.8 Å². The van der Waals surface area contributed by atoms with E-state index in [-0.39, 0.29) is 17.9 Å². The van der Waals surface area contributed by atoms with Crippen molar-refractivity contribution < 1.29 is 9.90 Å². The van der Waals surface area contributed by atoms with Crippen molar-refractivity contribution in [3.8, 4) is 0 Å². The number of anilines is 1. The van der Waals surface area contributed by atoms with Gasteiger partial charge in [0.25, 0.3) is 0 Å². The van der Waals surface area contributed by atoms with Gasteiger partial charge in [0.1, 0.15) is 5.52 Å². The molecule has 0 amide bonds. The first-order valence-electron chi connectivity index (χ1n) is 7.00. The first kappa shape index (κ1) is 15.3. The third-order valence-corrected chi connectivity index (χ3v) is 3.26. The number of carbonyl (C=O) groups is 1. The Morgan fingerprint density at radius 1 is 1.43 bits per heavy atom. The zero-order valence-electron chi connectivity index (χ0n) is 12.9. The van der Waals surface area contributed by atoms with E-state index in [9.17, 15) is 4.79 Å². The first-order chi connectivity index (χ1) is 9.76. The summed E-state index contributed by atoms with van der Waals surface area (Å²) in [6.45, 7) is 6.29. The Bertz CT molecular complexity index is 643. The van der Waals surface area contributed by atoms with E-state index in [0.717, 1.165) is 17.5 Å². The van der Waals surface area contributed by atoms with Gasteiger partial charge < -0.3 is 15.0 Å². The summed E-state index contributed by atoms with van der Waals surface area (Å²) in [5, 5.41) is 12.4. The summed E-state index contributed by atoms with van der Waals surface area (Å²) in [6, 6.07) is 1.71. The molecule has 6 heteroatoms. The van der Waals surface area contributed by atoms with Crippen LogP contribution < -0.4 is 5.32 Å². The summed E-state index contributed by atoms with van der Waals surface area (Å²) in [5.74, 6) is -0.173. The van der Waals surface area contributed by atoms with Crippen LogP contribution in [0.2, 0.25) is 0 Å². The summed E-state index contributed by atoms with van der Waals surface area (Å²) in [5.41, 5.74) is 1.77. The smallest absolute Gasteiger partial charge is 0.305 e. The van der Waals surface area contributed by atoms with Crippen molar-refractivity contribution in [3.05, 3.63) is 18.6 Å². The Kier molecular flexibility index (Phi) is 4.16. The maximum Gasteiger partial charge on any atom is 0.305 e. The number of rotatable bonds is 5. The van der Waals surface area contributed by atoms with Gasteiger partial charge in [0.05, 0.1) is 18.3 Å². The SMILES string of the molecule is Cn1cnc2c(NC(CC(=O)O)CC(C)(C)C)nccc21. The Hall–Kier alpha value is -2.11. The van der Waals surface area contributed by atoms with Crippen molar-refractivity contribution in [2.45, 2.75) is 39.7 Å². The monoisotopic (exact) mass is 290 g/mol. The van der Waals surface area contributed by atoms with Gasteiger partial charge in [0.2, 0.25) is 0 Å². The minimum absolute atomic E-state index is 0.0329. The molecule has 0 aliphatic heterocycles. The van der Waals surface area contributed by atoms with Gasteiger partial charge in [-0.15, -0.1) is 0 Å². The van der Waals surface area contributed by atoms with Gasteiger partial charge in [-0.3, -0.25) is 4.79 Å². The second kappa shape index (κ2) is 5.71. The number of aromatic nitrogens is 3. The van der Waals surface area contributed by atoms with E-state index in [0.29, 0.717) is 5.82 Å². The molecule has 1 atom stereocenters. The van der Waals surface area contributed by atoms with Gasteiger partial charge in [-0.25, -0.2) is 9.97 Å². The predicted molar refractivity (Wildman–Crippen MR) is 82.2 cm³/mol. The van der Waals surface area contributed by atoms with Crippen molar-refractivity contribution in [1.82, 2.24) is 14.5 Å². The molecule has 2 aromatic heterocycles. The summed E-state index contributed by atoms with van der Waals surface area (Å²) in [7, 11) is 1.92. The van der Waals surface area contributed by atoms with E-state index in [4.69, 9.17) is 5.11 Å². The quantitative estimate of drug-likeness (QED) is 0.885. The number of imidazole rings is 1. The number of pyridine rings is 1. The molecule has 2 aromatic rings. The van der Waals surface area contributed by atoms with Crippen molar-refractivity contribution in [1.29, 1.82) is 0 Å². The van der Waals surface area contributed by atoms with E-state index >= 15 is 0 Å². The molecule has 0 spiro atoms. The molecule has 0 bridgehead atoms. The number of nitrogens with zero attached hydrogens (tertiary/aromatic N) is 3. The normalized spacial score (nSPS) is 13.3. The molecule has 21 heavy (non-hydrogen) atoms. The second-order valence-corrected chi connectivity index (χ2v) is 6.59. The van der Waals surface area contributed by atoms with Crippen LogP contribution in [0.3, 0.4) is 0 Å². The number of hydrogen-bond acceptors (Lipinski definition) is 4. The summed E-state index contributed by atoms with van der Waals surface area (Å²) >= 11 is 0. The standard InChI is InChI=1S/C15H22N4O2/c1-15(2,3)8-10(7-12(20)21)18-14-13-11(5-6-16-14)19(4)9-17-13/h5-6,9-10H,7-8H2,1-4H3,(H,16,18)(H,20,21). The molecule has 2 rings (SSSR count). The molecule has 6 nitrogen and oxygen atoms in total. The van der Waals surface area contributed by atoms with Crippen LogP contribution >= 0.6 is 0 Å². The number of hydrogen-bond donors (Lipinski definition) is 2. The molecule has 0 saturated heterocycles. The fourth-order valence-electron chi connectivity index (χ4n) is 2.49. The number of nitrogens with one attached hydrogen (secondary N) is 1. The van der Waals surface area contributed by atoms with Gasteiger partial charge >= 0.3 is 5.97 Å². The molecular weight excluding hydrogens is 268 g/mol. The molecule has 0 radical (unpaired) electrons. The summed E-state index contributed by atoms with van der Waals surface area (Å²) in [4.78, 5) is 19.7. The number of carboxylic acids is 1. The molecule has 114 valence electrons. The summed E-state index contributed by atoms with van der Waals surface area (Å²) in [6.07, 6.45) is 4.24. The third kappa shape index (κ3) is 3.93. The Balaban J connectivity index is 2.27. The predicted octanol–water partition coefficient (Wildman–Crippen LogP) is 2.66. The fourth-order valence-corrected chi connectivity index (χ4v) is 2.49. The van der Waals surface area contributed by atoms with Gasteiger partial charge in [0, 0.05) is 19.3 Å². The van der Waals surface area contributed by atoms with E-state index in [1.165, 1.54) is 0 Å². The van der Waals surface area contributed by atoms with Crippen LogP contribution in [-0.4, -0.2) is 31.7 Å². The van der Waals surface area contributed by atoms with E-state index in [1.54, 1.807) is 12.5 Å². The van der Waals surface area contributed by atoms with Crippen molar-refractivity contribution in [3.63, 3.8) is 0 Å². The molecule has 0 saturated carbocycles. The third-order valence-electron chi connectivity index (χ3n) is 3.26. The van der Waals surface area contributed by atoms with Gasteiger partial charge in [-0.2, -0.15) is 0 Å². The maximum absolute atomic E-state index is 11.1. The Labute approximate surface area is 124 Å². The minimum atomic E-state index is -0.815. The average molecular weight is 290 g/mol. The highest BCUT2D eigenvalue weighted by atomic mass is 16.4. The Morgan fingerprint density at radius 2 is 2.14 bits per heavy atom. The van der Waals surface area contributed by atoms with Crippen molar-refractivity contribution in [2.75, 3.05) is 5.32 Å². The highest BCUT2D eigenvalue weighted by Gasteiger charge is 2.22. The lowest BCUT2D eigenvalue weighted by Crippen LogP contribution is -2.28. The summed E-state index contributed by atoms with van der Waals surface area (Å²) < 4.78 is 1.91. The molecular formula is C15H22N4O2. The van der Waals surface area contributed by atoms with Crippen LogP contribution in [0.25, 0.3) is 11.0 Å². The van der Waals surface area contributed by atoms with E-state index < -0.39 is 5.97 Å². The van der Waals surface area contributed by atoms with Gasteiger partial charge in [0.15, 0.2) is 5.82 Å². The number of fused-ring (bicyclic) bond motifs is 1. The molecule has 0 fully saturated rings. The highest BCUT2D eigenvalue weighted by Crippen LogP contribution is 2.26. The van der Waals surface area contributed by atoms with E-state index in [2.05, 4.69) is 36.1 Å². The number of aryl methyl sites for hydroxylation is 1. The highest BCUT2D eigenvalue weighted by molar-refractivity contribution is 5.86. The lowest BCUT2D eigenvalue weighted by molar-refractivity contribution is -0.137. The van der Waals surface area contributed by atoms with Crippen LogP contribution in [0.1, 0.15) is 33.6 Å².